The molecule has 2 rings (SSSR count). The average Bonchev–Trinajstić information content (AvgIpc) is 2.38. The molecule has 0 bridgehead atoms. The summed E-state index contributed by atoms with van der Waals surface area (Å²) in [5, 5.41) is 16.8. The lowest BCUT2D eigenvalue weighted by Crippen LogP contribution is -1.94. The van der Waals surface area contributed by atoms with Gasteiger partial charge in [-0.05, 0) is 30.3 Å². The van der Waals surface area contributed by atoms with Gasteiger partial charge >= 0.3 is 5.97 Å². The van der Waals surface area contributed by atoms with E-state index in [0.717, 1.165) is 0 Å². The smallest absolute Gasteiger partial charge is 0.335 e. The van der Waals surface area contributed by atoms with E-state index in [0.29, 0.717) is 17.1 Å². The Labute approximate surface area is 104 Å². The average molecular weight is 241 g/mol. The largest absolute Gasteiger partial charge is 0.478 e. The predicted molar refractivity (Wildman–Crippen MR) is 68.4 cm³/mol. The summed E-state index contributed by atoms with van der Waals surface area (Å²) < 4.78 is 0. The molecule has 18 heavy (non-hydrogen) atoms. The Morgan fingerprint density at radius 1 is 1.06 bits per heavy atom. The molecule has 0 atom stereocenters. The van der Waals surface area contributed by atoms with Crippen LogP contribution in [0.5, 0.6) is 0 Å². The van der Waals surface area contributed by atoms with Gasteiger partial charge in [-0.15, -0.1) is 5.11 Å². The van der Waals surface area contributed by atoms with Crippen LogP contribution in [0.4, 0.5) is 17.1 Å². The van der Waals surface area contributed by atoms with Gasteiger partial charge in [-0.1, -0.05) is 18.2 Å². The molecule has 3 N–H and O–H groups in total. The summed E-state index contributed by atoms with van der Waals surface area (Å²) in [5.41, 5.74) is 7.44. The van der Waals surface area contributed by atoms with Crippen molar-refractivity contribution in [3.8, 4) is 0 Å². The SMILES string of the molecule is Nc1ccccc1/N=N/c1cccc(C(=O)O)c1. The highest BCUT2D eigenvalue weighted by molar-refractivity contribution is 5.88. The normalized spacial score (nSPS) is 10.7. The van der Waals surface area contributed by atoms with E-state index >= 15 is 0 Å². The lowest BCUT2D eigenvalue weighted by atomic mass is 10.2. The van der Waals surface area contributed by atoms with Gasteiger partial charge in [0.15, 0.2) is 0 Å². The fourth-order valence-corrected chi connectivity index (χ4v) is 1.39. The van der Waals surface area contributed by atoms with E-state index < -0.39 is 5.97 Å². The first kappa shape index (κ1) is 11.8. The minimum absolute atomic E-state index is 0.174. The zero-order valence-corrected chi connectivity index (χ0v) is 9.45. The van der Waals surface area contributed by atoms with Crippen LogP contribution in [0.2, 0.25) is 0 Å². The first-order valence-electron chi connectivity index (χ1n) is 5.26. The van der Waals surface area contributed by atoms with Crippen LogP contribution in [-0.2, 0) is 0 Å². The molecule has 0 aliphatic rings. The van der Waals surface area contributed by atoms with Gasteiger partial charge in [0.1, 0.15) is 5.69 Å². The van der Waals surface area contributed by atoms with Gasteiger partial charge in [-0.2, -0.15) is 5.11 Å². The van der Waals surface area contributed by atoms with Gasteiger partial charge in [0.2, 0.25) is 0 Å². The van der Waals surface area contributed by atoms with Crippen molar-refractivity contribution in [3.05, 3.63) is 54.1 Å². The van der Waals surface area contributed by atoms with E-state index in [1.807, 2.05) is 0 Å². The molecule has 0 unspecified atom stereocenters. The number of carboxylic acid groups (broad SMARTS) is 1. The summed E-state index contributed by atoms with van der Waals surface area (Å²) in [5.74, 6) is -0.994. The number of carboxylic acids is 1. The molecule has 0 spiro atoms. The number of rotatable bonds is 3. The Morgan fingerprint density at radius 2 is 1.83 bits per heavy atom. The lowest BCUT2D eigenvalue weighted by molar-refractivity contribution is 0.0697. The van der Waals surface area contributed by atoms with Crippen LogP contribution in [0.1, 0.15) is 10.4 Å². The monoisotopic (exact) mass is 241 g/mol. The second kappa shape index (κ2) is 5.09. The topological polar surface area (TPSA) is 88.0 Å². The van der Waals surface area contributed by atoms with Crippen molar-refractivity contribution >= 4 is 23.0 Å². The van der Waals surface area contributed by atoms with E-state index in [1.165, 1.54) is 12.1 Å². The van der Waals surface area contributed by atoms with Gasteiger partial charge in [0.25, 0.3) is 0 Å². The molecule has 0 aromatic heterocycles. The second-order valence-electron chi connectivity index (χ2n) is 3.61. The molecule has 90 valence electrons. The maximum atomic E-state index is 10.8. The van der Waals surface area contributed by atoms with Crippen LogP contribution in [0, 0.1) is 0 Å². The van der Waals surface area contributed by atoms with Gasteiger partial charge in [-0.25, -0.2) is 4.79 Å². The Morgan fingerprint density at radius 3 is 2.56 bits per heavy atom. The number of azo groups is 1. The number of carbonyl (C=O) groups is 1. The van der Waals surface area contributed by atoms with Crippen molar-refractivity contribution in [2.24, 2.45) is 10.2 Å². The number of hydrogen-bond acceptors (Lipinski definition) is 4. The van der Waals surface area contributed by atoms with Crippen LogP contribution >= 0.6 is 0 Å². The molecule has 0 radical (unpaired) electrons. The van der Waals surface area contributed by atoms with Crippen molar-refractivity contribution in [3.63, 3.8) is 0 Å². The number of nitrogen functional groups attached to an aromatic ring is 1. The van der Waals surface area contributed by atoms with Gasteiger partial charge in [-0.3, -0.25) is 0 Å². The number of nitrogens with zero attached hydrogens (tertiary/aromatic N) is 2. The fraction of sp³-hybridized carbons (Fsp3) is 0. The summed E-state index contributed by atoms with van der Waals surface area (Å²) in [4.78, 5) is 10.8. The van der Waals surface area contributed by atoms with Crippen LogP contribution in [0.3, 0.4) is 0 Å². The van der Waals surface area contributed by atoms with E-state index in [1.54, 1.807) is 36.4 Å². The molecule has 0 heterocycles. The zero-order valence-electron chi connectivity index (χ0n) is 9.45. The zero-order chi connectivity index (χ0) is 13.0. The molecular weight excluding hydrogens is 230 g/mol. The molecule has 0 saturated heterocycles. The highest BCUT2D eigenvalue weighted by Gasteiger charge is 2.02. The van der Waals surface area contributed by atoms with Crippen molar-refractivity contribution in [2.75, 3.05) is 5.73 Å². The summed E-state index contributed by atoms with van der Waals surface area (Å²) in [6.45, 7) is 0. The number of aromatic carboxylic acids is 1. The second-order valence-corrected chi connectivity index (χ2v) is 3.61. The molecule has 0 aliphatic heterocycles. The first-order valence-corrected chi connectivity index (χ1v) is 5.26. The third-order valence-electron chi connectivity index (χ3n) is 2.30. The Bertz CT molecular complexity index is 609. The summed E-state index contributed by atoms with van der Waals surface area (Å²) in [6, 6.07) is 13.3. The van der Waals surface area contributed by atoms with E-state index in [2.05, 4.69) is 10.2 Å². The van der Waals surface area contributed by atoms with E-state index in [-0.39, 0.29) is 5.56 Å². The molecule has 0 fully saturated rings. The van der Waals surface area contributed by atoms with Crippen LogP contribution in [0.25, 0.3) is 0 Å². The minimum Gasteiger partial charge on any atom is -0.478 e. The third kappa shape index (κ3) is 2.70. The molecular formula is C13H11N3O2. The van der Waals surface area contributed by atoms with Crippen LogP contribution < -0.4 is 5.73 Å². The van der Waals surface area contributed by atoms with Gasteiger partial charge in [0, 0.05) is 0 Å². The number of anilines is 1. The fourth-order valence-electron chi connectivity index (χ4n) is 1.39. The standard InChI is InChI=1S/C13H11N3O2/c14-11-6-1-2-7-12(11)16-15-10-5-3-4-9(8-10)13(17)18/h1-8H,14H2,(H,17,18)/b16-15+. The molecule has 2 aromatic rings. The molecule has 5 heteroatoms. The predicted octanol–water partition coefficient (Wildman–Crippen LogP) is 3.38. The molecule has 2 aromatic carbocycles. The lowest BCUT2D eigenvalue weighted by Gasteiger charge is -1.98. The molecule has 5 nitrogen and oxygen atoms in total. The van der Waals surface area contributed by atoms with Gasteiger partial charge < -0.3 is 10.8 Å². The Balaban J connectivity index is 2.27. The molecule has 0 amide bonds. The van der Waals surface area contributed by atoms with Crippen LogP contribution in [0.15, 0.2) is 58.8 Å². The minimum atomic E-state index is -0.994. The van der Waals surface area contributed by atoms with Crippen molar-refractivity contribution in [1.29, 1.82) is 0 Å². The Hall–Kier alpha value is -2.69. The number of benzene rings is 2. The molecule has 0 aliphatic carbocycles. The van der Waals surface area contributed by atoms with E-state index in [9.17, 15) is 4.79 Å². The van der Waals surface area contributed by atoms with Gasteiger partial charge in [0.05, 0.1) is 16.9 Å². The summed E-state index contributed by atoms with van der Waals surface area (Å²) in [6.07, 6.45) is 0. The number of hydrogen-bond donors (Lipinski definition) is 2. The maximum absolute atomic E-state index is 10.8. The summed E-state index contributed by atoms with van der Waals surface area (Å²) in [7, 11) is 0. The van der Waals surface area contributed by atoms with Crippen molar-refractivity contribution in [2.45, 2.75) is 0 Å². The van der Waals surface area contributed by atoms with Crippen LogP contribution in [-0.4, -0.2) is 11.1 Å². The number of nitrogens with two attached hydrogens (primary N) is 1. The quantitative estimate of drug-likeness (QED) is 0.637. The summed E-state index contributed by atoms with van der Waals surface area (Å²) >= 11 is 0. The van der Waals surface area contributed by atoms with Crippen molar-refractivity contribution in [1.82, 2.24) is 0 Å². The third-order valence-corrected chi connectivity index (χ3v) is 2.30. The highest BCUT2D eigenvalue weighted by atomic mass is 16.4. The maximum Gasteiger partial charge on any atom is 0.335 e. The highest BCUT2D eigenvalue weighted by Crippen LogP contribution is 2.24. The number of para-hydroxylation sites is 1. The van der Waals surface area contributed by atoms with Crippen molar-refractivity contribution < 1.29 is 9.90 Å². The molecule has 0 saturated carbocycles. The first-order chi connectivity index (χ1) is 8.66. The Kier molecular flexibility index (Phi) is 3.33. The van der Waals surface area contributed by atoms with E-state index in [4.69, 9.17) is 10.8 Å².